The summed E-state index contributed by atoms with van der Waals surface area (Å²) in [7, 11) is 0. The number of allylic oxidation sites excluding steroid dienone is 4. The summed E-state index contributed by atoms with van der Waals surface area (Å²) in [6.45, 7) is 4.65. The molecular weight excluding hydrogens is 168 g/mol. The predicted molar refractivity (Wildman–Crippen MR) is 59.9 cm³/mol. The van der Waals surface area contributed by atoms with Crippen molar-refractivity contribution in [1.29, 1.82) is 0 Å². The van der Waals surface area contributed by atoms with Crippen LogP contribution in [0.3, 0.4) is 0 Å². The van der Waals surface area contributed by atoms with Crippen LogP contribution in [0.2, 0.25) is 0 Å². The Balaban J connectivity index is 1.92. The topological polar surface area (TPSA) is 0 Å². The molecule has 4 atom stereocenters. The first kappa shape index (κ1) is 8.76. The zero-order chi connectivity index (χ0) is 9.71. The fourth-order valence-electron chi connectivity index (χ4n) is 4.19. The van der Waals surface area contributed by atoms with Crippen LogP contribution in [-0.2, 0) is 0 Å². The summed E-state index contributed by atoms with van der Waals surface area (Å²) >= 11 is 0. The van der Waals surface area contributed by atoms with Gasteiger partial charge in [-0.05, 0) is 49.4 Å². The molecule has 3 aliphatic rings. The molecule has 0 spiro atoms. The van der Waals surface area contributed by atoms with Crippen molar-refractivity contribution in [2.75, 3.05) is 0 Å². The zero-order valence-electron chi connectivity index (χ0n) is 9.29. The maximum atomic E-state index is 2.61. The summed E-state index contributed by atoms with van der Waals surface area (Å²) in [6, 6.07) is 0. The van der Waals surface area contributed by atoms with Gasteiger partial charge in [-0.3, -0.25) is 0 Å². The quantitative estimate of drug-likeness (QED) is 0.576. The van der Waals surface area contributed by atoms with Gasteiger partial charge in [-0.1, -0.05) is 37.1 Å². The molecule has 0 radical (unpaired) electrons. The van der Waals surface area contributed by atoms with Gasteiger partial charge in [-0.15, -0.1) is 0 Å². The second-order valence-electron chi connectivity index (χ2n) is 5.16. The van der Waals surface area contributed by atoms with E-state index < -0.39 is 0 Å². The van der Waals surface area contributed by atoms with Crippen LogP contribution in [0.1, 0.15) is 39.5 Å². The van der Waals surface area contributed by atoms with Crippen LogP contribution in [0.25, 0.3) is 0 Å². The van der Waals surface area contributed by atoms with E-state index in [0.29, 0.717) is 0 Å². The van der Waals surface area contributed by atoms with Gasteiger partial charge in [0.1, 0.15) is 0 Å². The lowest BCUT2D eigenvalue weighted by atomic mass is 9.77. The van der Waals surface area contributed by atoms with Gasteiger partial charge in [0.05, 0.1) is 0 Å². The third-order valence-corrected chi connectivity index (χ3v) is 4.77. The Morgan fingerprint density at radius 3 is 2.71 bits per heavy atom. The van der Waals surface area contributed by atoms with Crippen LogP contribution in [0.4, 0.5) is 0 Å². The molecule has 0 nitrogen and oxygen atoms in total. The Labute approximate surface area is 87.1 Å². The van der Waals surface area contributed by atoms with Gasteiger partial charge < -0.3 is 0 Å². The van der Waals surface area contributed by atoms with Gasteiger partial charge in [0.2, 0.25) is 0 Å². The van der Waals surface area contributed by atoms with Crippen LogP contribution in [-0.4, -0.2) is 0 Å². The molecule has 14 heavy (non-hydrogen) atoms. The number of fused-ring (bicyclic) bond motifs is 5. The van der Waals surface area contributed by atoms with Crippen molar-refractivity contribution in [2.45, 2.75) is 39.5 Å². The van der Waals surface area contributed by atoms with Crippen molar-refractivity contribution in [2.24, 2.45) is 23.7 Å². The first-order valence-electron chi connectivity index (χ1n) is 6.24. The van der Waals surface area contributed by atoms with Gasteiger partial charge in [0.15, 0.2) is 0 Å². The minimum Gasteiger partial charge on any atom is -0.0847 e. The molecule has 0 amide bonds. The normalized spacial score (nSPS) is 43.9. The zero-order valence-corrected chi connectivity index (χ0v) is 9.29. The molecule has 3 aliphatic carbocycles. The number of hydrogen-bond donors (Lipinski definition) is 0. The Morgan fingerprint density at radius 1 is 1.21 bits per heavy atom. The van der Waals surface area contributed by atoms with Gasteiger partial charge in [0.25, 0.3) is 0 Å². The summed E-state index contributed by atoms with van der Waals surface area (Å²) in [4.78, 5) is 0. The Morgan fingerprint density at radius 2 is 2.00 bits per heavy atom. The molecule has 0 N–H and O–H groups in total. The van der Waals surface area contributed by atoms with Crippen LogP contribution >= 0.6 is 0 Å². The van der Waals surface area contributed by atoms with Crippen LogP contribution in [0.5, 0.6) is 0 Å². The molecule has 0 aromatic carbocycles. The highest BCUT2D eigenvalue weighted by Gasteiger charge is 2.49. The molecule has 1 saturated carbocycles. The van der Waals surface area contributed by atoms with Crippen molar-refractivity contribution >= 4 is 0 Å². The van der Waals surface area contributed by atoms with E-state index in [2.05, 4.69) is 26.0 Å². The summed E-state index contributed by atoms with van der Waals surface area (Å²) in [5, 5.41) is 0. The third-order valence-electron chi connectivity index (χ3n) is 4.77. The minimum atomic E-state index is 0.945. The molecule has 0 aliphatic heterocycles. The Bertz CT molecular complexity index is 308. The van der Waals surface area contributed by atoms with Crippen LogP contribution in [0, 0.1) is 23.7 Å². The molecule has 0 aromatic rings. The maximum Gasteiger partial charge on any atom is -0.0101 e. The van der Waals surface area contributed by atoms with E-state index in [0.717, 1.165) is 23.7 Å². The van der Waals surface area contributed by atoms with Crippen molar-refractivity contribution in [3.8, 4) is 0 Å². The lowest BCUT2D eigenvalue weighted by Gasteiger charge is -2.27. The predicted octanol–water partition coefficient (Wildman–Crippen LogP) is 3.95. The van der Waals surface area contributed by atoms with E-state index in [1.165, 1.54) is 25.7 Å². The monoisotopic (exact) mass is 188 g/mol. The summed E-state index contributed by atoms with van der Waals surface area (Å²) in [6.07, 6.45) is 10.6. The van der Waals surface area contributed by atoms with Crippen LogP contribution < -0.4 is 0 Å². The molecule has 0 heteroatoms. The molecular formula is C14H20. The van der Waals surface area contributed by atoms with E-state index in [-0.39, 0.29) is 0 Å². The van der Waals surface area contributed by atoms with Crippen molar-refractivity contribution < 1.29 is 0 Å². The Hall–Kier alpha value is -0.520. The highest BCUT2D eigenvalue weighted by atomic mass is 14.5. The van der Waals surface area contributed by atoms with Gasteiger partial charge in [-0.2, -0.15) is 0 Å². The molecule has 2 bridgehead atoms. The molecule has 0 aromatic heterocycles. The third kappa shape index (κ3) is 0.947. The fourth-order valence-corrected chi connectivity index (χ4v) is 4.19. The first-order valence-corrected chi connectivity index (χ1v) is 6.24. The smallest absolute Gasteiger partial charge is 0.0101 e. The number of hydrogen-bond acceptors (Lipinski definition) is 0. The maximum absolute atomic E-state index is 2.61. The SMILES string of the molecule is CCC1=CC2CC1C1C(CC)=CCC21. The molecule has 0 heterocycles. The van der Waals surface area contributed by atoms with E-state index in [1.54, 1.807) is 11.1 Å². The summed E-state index contributed by atoms with van der Waals surface area (Å²) < 4.78 is 0. The van der Waals surface area contributed by atoms with Gasteiger partial charge in [0, 0.05) is 0 Å². The summed E-state index contributed by atoms with van der Waals surface area (Å²) in [5.74, 6) is 3.86. The van der Waals surface area contributed by atoms with Crippen molar-refractivity contribution in [3.05, 3.63) is 23.3 Å². The molecule has 4 unspecified atom stereocenters. The van der Waals surface area contributed by atoms with Crippen LogP contribution in [0.15, 0.2) is 23.3 Å². The minimum absolute atomic E-state index is 0.945. The van der Waals surface area contributed by atoms with E-state index >= 15 is 0 Å². The first-order chi connectivity index (χ1) is 6.85. The van der Waals surface area contributed by atoms with Gasteiger partial charge in [-0.25, -0.2) is 0 Å². The highest BCUT2D eigenvalue weighted by Crippen LogP contribution is 2.59. The molecule has 3 rings (SSSR count). The van der Waals surface area contributed by atoms with E-state index in [9.17, 15) is 0 Å². The van der Waals surface area contributed by atoms with E-state index in [1.807, 2.05) is 0 Å². The lowest BCUT2D eigenvalue weighted by Crippen LogP contribution is -2.19. The lowest BCUT2D eigenvalue weighted by molar-refractivity contribution is 0.367. The largest absolute Gasteiger partial charge is 0.0847 e. The second kappa shape index (κ2) is 2.98. The summed E-state index contributed by atoms with van der Waals surface area (Å²) in [5.41, 5.74) is 3.55. The average molecular weight is 188 g/mol. The second-order valence-corrected chi connectivity index (χ2v) is 5.16. The highest BCUT2D eigenvalue weighted by molar-refractivity contribution is 5.32. The van der Waals surface area contributed by atoms with Crippen molar-refractivity contribution in [3.63, 3.8) is 0 Å². The van der Waals surface area contributed by atoms with E-state index in [4.69, 9.17) is 0 Å². The van der Waals surface area contributed by atoms with Crippen molar-refractivity contribution in [1.82, 2.24) is 0 Å². The standard InChI is InChI=1S/C14H20/c1-3-9-5-6-12-11-7-10(4-2)13(8-11)14(9)12/h5,7,11-14H,3-4,6,8H2,1-2H3. The molecule has 0 saturated heterocycles. The fraction of sp³-hybridized carbons (Fsp3) is 0.714. The average Bonchev–Trinajstić information content (AvgIpc) is 2.87. The molecule has 76 valence electrons. The Kier molecular flexibility index (Phi) is 1.87. The molecule has 1 fully saturated rings. The van der Waals surface area contributed by atoms with Gasteiger partial charge >= 0.3 is 0 Å². The number of rotatable bonds is 2.